The van der Waals surface area contributed by atoms with Crippen LogP contribution < -0.4 is 5.32 Å². The maximum Gasteiger partial charge on any atom is 0.240 e. The van der Waals surface area contributed by atoms with Crippen LogP contribution in [0.1, 0.15) is 25.1 Å². The molecule has 134 valence electrons. The molecule has 0 saturated carbocycles. The summed E-state index contributed by atoms with van der Waals surface area (Å²) in [6.07, 6.45) is 3.81. The number of piperidine rings is 1. The number of nitrogens with zero attached hydrogens (tertiary/aromatic N) is 3. The molecule has 1 aromatic heterocycles. The van der Waals surface area contributed by atoms with Crippen LogP contribution in [0, 0.1) is 6.92 Å². The van der Waals surface area contributed by atoms with Crippen molar-refractivity contribution in [1.29, 1.82) is 0 Å². The van der Waals surface area contributed by atoms with Crippen LogP contribution in [0.3, 0.4) is 0 Å². The van der Waals surface area contributed by atoms with Crippen molar-refractivity contribution in [2.24, 2.45) is 0 Å². The lowest BCUT2D eigenvalue weighted by Crippen LogP contribution is -2.53. The van der Waals surface area contributed by atoms with Crippen LogP contribution in [0.5, 0.6) is 0 Å². The lowest BCUT2D eigenvalue weighted by atomic mass is 10.0. The first kappa shape index (κ1) is 16.5. The summed E-state index contributed by atoms with van der Waals surface area (Å²) in [4.78, 5) is 19.7. The highest BCUT2D eigenvalue weighted by molar-refractivity contribution is 5.81. The molecule has 3 heterocycles. The smallest absolute Gasteiger partial charge is 0.240 e. The number of ether oxygens (including phenoxy) is 1. The summed E-state index contributed by atoms with van der Waals surface area (Å²) < 4.78 is 7.66. The number of carbonyl (C=O) groups excluding carboxylic acids is 1. The number of hydrogen-bond donors (Lipinski definition) is 1. The molecule has 0 spiro atoms. The maximum atomic E-state index is 12.7. The fourth-order valence-corrected chi connectivity index (χ4v) is 4.08. The maximum absolute atomic E-state index is 12.7. The molecule has 0 bridgehead atoms. The Labute approximate surface area is 148 Å². The average molecular weight is 342 g/mol. The first-order chi connectivity index (χ1) is 12.2. The van der Waals surface area contributed by atoms with Crippen LogP contribution in [0.25, 0.3) is 11.0 Å². The van der Waals surface area contributed by atoms with Crippen LogP contribution in [-0.4, -0.2) is 58.7 Å². The van der Waals surface area contributed by atoms with E-state index in [1.54, 1.807) is 0 Å². The third-order valence-electron chi connectivity index (χ3n) is 5.40. The first-order valence-corrected chi connectivity index (χ1v) is 9.25. The van der Waals surface area contributed by atoms with E-state index >= 15 is 0 Å². The lowest BCUT2D eigenvalue weighted by molar-refractivity contribution is -0.122. The number of imidazole rings is 1. The Kier molecular flexibility index (Phi) is 4.72. The van der Waals surface area contributed by atoms with E-state index in [1.807, 2.05) is 35.8 Å². The van der Waals surface area contributed by atoms with E-state index in [9.17, 15) is 4.79 Å². The van der Waals surface area contributed by atoms with Gasteiger partial charge in [-0.2, -0.15) is 0 Å². The Balaban J connectivity index is 1.43. The van der Waals surface area contributed by atoms with Gasteiger partial charge in [0.2, 0.25) is 5.91 Å². The van der Waals surface area contributed by atoms with Crippen molar-refractivity contribution in [2.45, 2.75) is 44.8 Å². The number of hydrogen-bond acceptors (Lipinski definition) is 4. The Bertz CT molecular complexity index is 751. The number of likely N-dealkylation sites (tertiary alicyclic amines) is 1. The van der Waals surface area contributed by atoms with Gasteiger partial charge < -0.3 is 14.6 Å². The van der Waals surface area contributed by atoms with Crippen LogP contribution in [0.2, 0.25) is 0 Å². The largest absolute Gasteiger partial charge is 0.378 e. The Morgan fingerprint density at radius 3 is 2.88 bits per heavy atom. The van der Waals surface area contributed by atoms with E-state index in [2.05, 4.69) is 15.2 Å². The van der Waals surface area contributed by atoms with Gasteiger partial charge in [0.1, 0.15) is 12.4 Å². The van der Waals surface area contributed by atoms with E-state index in [1.165, 1.54) is 19.3 Å². The quantitative estimate of drug-likeness (QED) is 0.919. The third kappa shape index (κ3) is 3.41. The van der Waals surface area contributed by atoms with Crippen molar-refractivity contribution in [2.75, 3.05) is 26.3 Å². The number of amides is 1. The van der Waals surface area contributed by atoms with Gasteiger partial charge in [0.05, 0.1) is 36.3 Å². The minimum absolute atomic E-state index is 0.0313. The molecule has 25 heavy (non-hydrogen) atoms. The Morgan fingerprint density at radius 2 is 2.04 bits per heavy atom. The molecule has 1 amide bonds. The highest BCUT2D eigenvalue weighted by Gasteiger charge is 2.34. The summed E-state index contributed by atoms with van der Waals surface area (Å²) in [6, 6.07) is 8.34. The summed E-state index contributed by atoms with van der Waals surface area (Å²) in [5, 5.41) is 3.20. The van der Waals surface area contributed by atoms with Crippen LogP contribution in [-0.2, 0) is 16.1 Å². The van der Waals surface area contributed by atoms with E-state index < -0.39 is 0 Å². The molecule has 2 fully saturated rings. The first-order valence-electron chi connectivity index (χ1n) is 9.25. The number of rotatable bonds is 4. The number of aromatic nitrogens is 2. The summed E-state index contributed by atoms with van der Waals surface area (Å²) >= 11 is 0. The van der Waals surface area contributed by atoms with Gasteiger partial charge in [-0.15, -0.1) is 0 Å². The fourth-order valence-electron chi connectivity index (χ4n) is 4.08. The van der Waals surface area contributed by atoms with Crippen LogP contribution in [0.4, 0.5) is 0 Å². The van der Waals surface area contributed by atoms with Gasteiger partial charge in [-0.25, -0.2) is 4.98 Å². The van der Waals surface area contributed by atoms with Crippen molar-refractivity contribution in [3.63, 3.8) is 0 Å². The second-order valence-electron chi connectivity index (χ2n) is 7.11. The zero-order valence-electron chi connectivity index (χ0n) is 14.8. The highest BCUT2D eigenvalue weighted by atomic mass is 16.5. The summed E-state index contributed by atoms with van der Waals surface area (Å²) in [7, 11) is 0. The second-order valence-corrected chi connectivity index (χ2v) is 7.11. The standard InChI is InChI=1S/C19H26N4O2/c1-14-20-15-7-3-4-8-17(15)23(14)11-19(24)21-16-12-25-13-18(16)22-9-5-2-6-10-22/h3-4,7-8,16,18H,2,5-6,9-13H2,1H3,(H,21,24)/t16-,18-/m0/s1. The Morgan fingerprint density at radius 1 is 1.24 bits per heavy atom. The predicted molar refractivity (Wildman–Crippen MR) is 96.4 cm³/mol. The summed E-state index contributed by atoms with van der Waals surface area (Å²) in [5.74, 6) is 0.898. The van der Waals surface area contributed by atoms with Gasteiger partial charge in [-0.3, -0.25) is 9.69 Å². The number of carbonyl (C=O) groups is 1. The van der Waals surface area contributed by atoms with Crippen molar-refractivity contribution < 1.29 is 9.53 Å². The molecule has 6 heteroatoms. The van der Waals surface area contributed by atoms with E-state index in [4.69, 9.17) is 4.74 Å². The molecule has 2 aromatic rings. The SMILES string of the molecule is Cc1nc2ccccc2n1CC(=O)N[C@H]1COC[C@@H]1N1CCCCC1. The number of benzene rings is 1. The van der Waals surface area contributed by atoms with E-state index in [0.717, 1.165) is 36.6 Å². The predicted octanol–water partition coefficient (Wildman–Crippen LogP) is 1.71. The number of fused-ring (bicyclic) bond motifs is 1. The molecule has 0 radical (unpaired) electrons. The monoisotopic (exact) mass is 342 g/mol. The van der Waals surface area contributed by atoms with Gasteiger partial charge in [0.25, 0.3) is 0 Å². The summed E-state index contributed by atoms with van der Waals surface area (Å²) in [6.45, 7) is 5.81. The van der Waals surface area contributed by atoms with E-state index in [0.29, 0.717) is 19.2 Å². The molecule has 2 aliphatic heterocycles. The van der Waals surface area contributed by atoms with Gasteiger partial charge in [0, 0.05) is 0 Å². The normalized spacial score (nSPS) is 24.7. The fraction of sp³-hybridized carbons (Fsp3) is 0.579. The number of nitrogens with one attached hydrogen (secondary N) is 1. The molecule has 0 unspecified atom stereocenters. The molecule has 4 rings (SSSR count). The zero-order valence-corrected chi connectivity index (χ0v) is 14.8. The second kappa shape index (κ2) is 7.14. The van der Waals surface area contributed by atoms with Crippen molar-refractivity contribution >= 4 is 16.9 Å². The molecule has 6 nitrogen and oxygen atoms in total. The zero-order chi connectivity index (χ0) is 17.2. The lowest BCUT2D eigenvalue weighted by Gasteiger charge is -2.34. The topological polar surface area (TPSA) is 59.4 Å². The summed E-state index contributed by atoms with van der Waals surface area (Å²) in [5.41, 5.74) is 1.94. The molecule has 2 saturated heterocycles. The molecular formula is C19H26N4O2. The van der Waals surface area contributed by atoms with Gasteiger partial charge in [-0.1, -0.05) is 18.6 Å². The molecule has 1 aromatic carbocycles. The molecule has 2 atom stereocenters. The molecular weight excluding hydrogens is 316 g/mol. The van der Waals surface area contributed by atoms with Crippen LogP contribution >= 0.6 is 0 Å². The number of para-hydroxylation sites is 2. The van der Waals surface area contributed by atoms with Gasteiger partial charge >= 0.3 is 0 Å². The molecule has 2 aliphatic rings. The van der Waals surface area contributed by atoms with Crippen molar-refractivity contribution in [1.82, 2.24) is 19.8 Å². The highest BCUT2D eigenvalue weighted by Crippen LogP contribution is 2.19. The van der Waals surface area contributed by atoms with Crippen LogP contribution in [0.15, 0.2) is 24.3 Å². The minimum Gasteiger partial charge on any atom is -0.378 e. The van der Waals surface area contributed by atoms with E-state index in [-0.39, 0.29) is 11.9 Å². The van der Waals surface area contributed by atoms with Gasteiger partial charge in [0.15, 0.2) is 0 Å². The van der Waals surface area contributed by atoms with Crippen molar-refractivity contribution in [3.05, 3.63) is 30.1 Å². The van der Waals surface area contributed by atoms with Crippen molar-refractivity contribution in [3.8, 4) is 0 Å². The Hall–Kier alpha value is -1.92. The van der Waals surface area contributed by atoms with Gasteiger partial charge in [-0.05, 0) is 45.0 Å². The third-order valence-corrected chi connectivity index (χ3v) is 5.40. The minimum atomic E-state index is 0.0313. The molecule has 1 N–H and O–H groups in total. The average Bonchev–Trinajstić information content (AvgIpc) is 3.20. The molecule has 0 aliphatic carbocycles. The number of aryl methyl sites for hydroxylation is 1.